The Morgan fingerprint density at radius 3 is 2.59 bits per heavy atom. The van der Waals surface area contributed by atoms with Gasteiger partial charge < -0.3 is 4.98 Å². The van der Waals surface area contributed by atoms with Crippen LogP contribution < -0.4 is 9.60 Å². The van der Waals surface area contributed by atoms with Crippen molar-refractivity contribution in [2.75, 3.05) is 4.72 Å². The molecule has 7 nitrogen and oxygen atoms in total. The predicted molar refractivity (Wildman–Crippen MR) is 63.8 cm³/mol. The highest BCUT2D eigenvalue weighted by Gasteiger charge is 2.21. The molecule has 9 heteroatoms. The van der Waals surface area contributed by atoms with Gasteiger partial charge in [-0.15, -0.1) is 0 Å². The van der Waals surface area contributed by atoms with Gasteiger partial charge in [0.1, 0.15) is 5.82 Å². The topological polar surface area (TPSA) is 108 Å². The molecule has 0 unspecified atom stereocenters. The maximum atomic E-state index is 12.0. The summed E-state index contributed by atoms with van der Waals surface area (Å²) in [5, 5.41) is 6.24. The summed E-state index contributed by atoms with van der Waals surface area (Å²) in [6, 6.07) is 0. The molecule has 0 aliphatic heterocycles. The van der Waals surface area contributed by atoms with E-state index in [1.807, 2.05) is 0 Å². The van der Waals surface area contributed by atoms with E-state index in [0.717, 1.165) is 0 Å². The zero-order valence-electron chi connectivity index (χ0n) is 9.07. The molecular formula is C8H10N4O3S2. The molecule has 0 spiro atoms. The van der Waals surface area contributed by atoms with Crippen molar-refractivity contribution in [3.8, 4) is 0 Å². The number of anilines is 1. The third-order valence-electron chi connectivity index (χ3n) is 2.09. The van der Waals surface area contributed by atoms with Gasteiger partial charge >= 0.3 is 4.87 Å². The molecule has 0 bridgehead atoms. The normalized spacial score (nSPS) is 11.6. The molecule has 0 atom stereocenters. The lowest BCUT2D eigenvalue weighted by molar-refractivity contribution is 0.602. The van der Waals surface area contributed by atoms with Gasteiger partial charge in [-0.1, -0.05) is 11.3 Å². The summed E-state index contributed by atoms with van der Waals surface area (Å²) in [7, 11) is -3.75. The predicted octanol–water partition coefficient (Wildman–Crippen LogP) is 0.577. The van der Waals surface area contributed by atoms with Gasteiger partial charge in [0.15, 0.2) is 4.21 Å². The third-order valence-corrected chi connectivity index (χ3v) is 5.05. The molecule has 0 saturated carbocycles. The van der Waals surface area contributed by atoms with Crippen LogP contribution in [0.5, 0.6) is 0 Å². The number of sulfonamides is 1. The number of hydrogen-bond acceptors (Lipinski definition) is 5. The minimum Gasteiger partial charge on any atom is -0.315 e. The Kier molecular flexibility index (Phi) is 2.79. The van der Waals surface area contributed by atoms with E-state index in [0.29, 0.717) is 28.4 Å². The number of aromatic amines is 2. The fourth-order valence-electron chi connectivity index (χ4n) is 1.28. The molecule has 0 aliphatic rings. The maximum Gasteiger partial charge on any atom is 0.306 e. The van der Waals surface area contributed by atoms with E-state index in [9.17, 15) is 13.2 Å². The van der Waals surface area contributed by atoms with Gasteiger partial charge in [-0.3, -0.25) is 14.6 Å². The highest BCUT2D eigenvalue weighted by atomic mass is 32.2. The van der Waals surface area contributed by atoms with Crippen molar-refractivity contribution in [1.29, 1.82) is 0 Å². The number of H-pyrrole nitrogens is 2. The van der Waals surface area contributed by atoms with Crippen molar-refractivity contribution in [3.63, 3.8) is 0 Å². The quantitative estimate of drug-likeness (QED) is 0.760. The van der Waals surface area contributed by atoms with Gasteiger partial charge in [-0.25, -0.2) is 8.42 Å². The third kappa shape index (κ3) is 2.24. The summed E-state index contributed by atoms with van der Waals surface area (Å²) in [5.41, 5.74) is 0.999. The van der Waals surface area contributed by atoms with Crippen LogP contribution in [0.1, 0.15) is 11.3 Å². The second kappa shape index (κ2) is 4.00. The Hall–Kier alpha value is -1.61. The first-order valence-corrected chi connectivity index (χ1v) is 6.92. The molecule has 2 aromatic heterocycles. The second-order valence-corrected chi connectivity index (χ2v) is 6.32. The monoisotopic (exact) mass is 274 g/mol. The van der Waals surface area contributed by atoms with Crippen molar-refractivity contribution >= 4 is 27.2 Å². The van der Waals surface area contributed by atoms with Crippen LogP contribution in [0.3, 0.4) is 0 Å². The molecule has 2 rings (SSSR count). The lowest BCUT2D eigenvalue weighted by atomic mass is 10.4. The summed E-state index contributed by atoms with van der Waals surface area (Å²) in [6.45, 7) is 3.25. The Balaban J connectivity index is 2.42. The van der Waals surface area contributed by atoms with Crippen LogP contribution in [0.4, 0.5) is 5.82 Å². The maximum absolute atomic E-state index is 12.0. The van der Waals surface area contributed by atoms with Gasteiger partial charge in [0.25, 0.3) is 10.0 Å². The number of aryl methyl sites for hydroxylation is 2. The number of hydrogen-bond donors (Lipinski definition) is 3. The average Bonchev–Trinajstić information content (AvgIpc) is 2.74. The molecule has 0 fully saturated rings. The Labute approximate surface area is 101 Å². The molecular weight excluding hydrogens is 264 g/mol. The van der Waals surface area contributed by atoms with Gasteiger partial charge in [0, 0.05) is 11.3 Å². The summed E-state index contributed by atoms with van der Waals surface area (Å²) >= 11 is 0.653. The smallest absolute Gasteiger partial charge is 0.306 e. The molecule has 2 aromatic rings. The zero-order chi connectivity index (χ0) is 12.6. The number of thiazole rings is 1. The molecule has 0 saturated heterocycles. The van der Waals surface area contributed by atoms with E-state index in [2.05, 4.69) is 19.9 Å². The van der Waals surface area contributed by atoms with E-state index in [4.69, 9.17) is 0 Å². The summed E-state index contributed by atoms with van der Waals surface area (Å²) in [4.78, 5) is 13.1. The lowest BCUT2D eigenvalue weighted by Gasteiger charge is -2.04. The molecule has 0 aromatic carbocycles. The molecule has 2 heterocycles. The fraction of sp³-hybridized carbons (Fsp3) is 0.250. The lowest BCUT2D eigenvalue weighted by Crippen LogP contribution is -2.13. The molecule has 3 N–H and O–H groups in total. The zero-order valence-corrected chi connectivity index (χ0v) is 10.7. The standard InChI is InChI=1S/C8H10N4O3S2/c1-4-3-9-11-6(4)12-17(14,15)7-5(2)10-8(13)16-7/h3H,1-2H3,(H,10,13)(H2,9,11,12). The van der Waals surface area contributed by atoms with Gasteiger partial charge in [-0.2, -0.15) is 5.10 Å². The average molecular weight is 274 g/mol. The summed E-state index contributed by atoms with van der Waals surface area (Å²) in [6.07, 6.45) is 1.50. The van der Waals surface area contributed by atoms with Crippen LogP contribution in [0.2, 0.25) is 0 Å². The van der Waals surface area contributed by atoms with Crippen molar-refractivity contribution < 1.29 is 8.42 Å². The summed E-state index contributed by atoms with van der Waals surface area (Å²) in [5.74, 6) is 0.297. The van der Waals surface area contributed by atoms with Crippen molar-refractivity contribution in [1.82, 2.24) is 15.2 Å². The number of aromatic nitrogens is 3. The molecule has 0 radical (unpaired) electrons. The van der Waals surface area contributed by atoms with E-state index in [1.165, 1.54) is 13.1 Å². The molecule has 92 valence electrons. The number of nitrogens with zero attached hydrogens (tertiary/aromatic N) is 1. The largest absolute Gasteiger partial charge is 0.315 e. The van der Waals surface area contributed by atoms with Crippen molar-refractivity contribution in [3.05, 3.63) is 27.1 Å². The van der Waals surface area contributed by atoms with Crippen molar-refractivity contribution in [2.45, 2.75) is 18.1 Å². The first-order valence-electron chi connectivity index (χ1n) is 4.62. The van der Waals surface area contributed by atoms with Crippen LogP contribution in [0, 0.1) is 13.8 Å². The van der Waals surface area contributed by atoms with Crippen LogP contribution in [0.15, 0.2) is 15.2 Å². The van der Waals surface area contributed by atoms with Crippen LogP contribution in [-0.2, 0) is 10.0 Å². The molecule has 0 amide bonds. The highest BCUT2D eigenvalue weighted by molar-refractivity contribution is 7.94. The fourth-order valence-corrected chi connectivity index (χ4v) is 3.67. The van der Waals surface area contributed by atoms with Crippen LogP contribution >= 0.6 is 11.3 Å². The molecule has 17 heavy (non-hydrogen) atoms. The first-order chi connectivity index (χ1) is 7.90. The Bertz CT molecular complexity index is 694. The summed E-state index contributed by atoms with van der Waals surface area (Å²) < 4.78 is 26.3. The van der Waals surface area contributed by atoms with Crippen LogP contribution in [-0.4, -0.2) is 23.6 Å². The van der Waals surface area contributed by atoms with Gasteiger partial charge in [-0.05, 0) is 13.8 Å². The van der Waals surface area contributed by atoms with Crippen LogP contribution in [0.25, 0.3) is 0 Å². The van der Waals surface area contributed by atoms with E-state index >= 15 is 0 Å². The highest BCUT2D eigenvalue weighted by Crippen LogP contribution is 2.20. The Morgan fingerprint density at radius 2 is 2.12 bits per heavy atom. The number of nitrogens with one attached hydrogen (secondary N) is 3. The molecule has 0 aliphatic carbocycles. The SMILES string of the molecule is Cc1cn[nH]c1NS(=O)(=O)c1sc(=O)[nH]c1C. The van der Waals surface area contributed by atoms with Gasteiger partial charge in [0.05, 0.1) is 6.20 Å². The van der Waals surface area contributed by atoms with E-state index < -0.39 is 14.9 Å². The Morgan fingerprint density at radius 1 is 1.41 bits per heavy atom. The second-order valence-electron chi connectivity index (χ2n) is 3.46. The first kappa shape index (κ1) is 11.9. The van der Waals surface area contributed by atoms with E-state index in [1.54, 1.807) is 6.92 Å². The van der Waals surface area contributed by atoms with E-state index in [-0.39, 0.29) is 4.21 Å². The van der Waals surface area contributed by atoms with Gasteiger partial charge in [0.2, 0.25) is 0 Å². The minimum absolute atomic E-state index is 0.0171. The number of rotatable bonds is 3. The van der Waals surface area contributed by atoms with Crippen molar-refractivity contribution in [2.24, 2.45) is 0 Å². The minimum atomic E-state index is -3.75.